The summed E-state index contributed by atoms with van der Waals surface area (Å²) in [6, 6.07) is 0. The fourth-order valence-electron chi connectivity index (χ4n) is 1.41. The monoisotopic (exact) mass is 233 g/mol. The molecule has 0 amide bonds. The minimum atomic E-state index is -3.45. The van der Waals surface area contributed by atoms with E-state index in [1.165, 1.54) is 11.3 Å². The molecule has 5 nitrogen and oxygen atoms in total. The van der Waals surface area contributed by atoms with Gasteiger partial charge in [0.2, 0.25) is 10.0 Å². The predicted molar refractivity (Wildman–Crippen MR) is 54.3 cm³/mol. The quantitative estimate of drug-likeness (QED) is 0.726. The van der Waals surface area contributed by atoms with Crippen molar-refractivity contribution in [3.63, 3.8) is 0 Å². The first-order chi connectivity index (χ1) is 6.54. The highest BCUT2D eigenvalue weighted by Crippen LogP contribution is 2.22. The van der Waals surface area contributed by atoms with E-state index in [9.17, 15) is 8.42 Å². The van der Waals surface area contributed by atoms with Gasteiger partial charge in [-0.1, -0.05) is 0 Å². The van der Waals surface area contributed by atoms with E-state index in [1.807, 2.05) is 0 Å². The zero-order chi connectivity index (χ0) is 10.2. The average molecular weight is 233 g/mol. The van der Waals surface area contributed by atoms with Crippen molar-refractivity contribution in [3.05, 3.63) is 15.6 Å². The number of primary sulfonamides is 1. The molecule has 0 radical (unpaired) electrons. The van der Waals surface area contributed by atoms with Crippen molar-refractivity contribution in [1.82, 2.24) is 10.3 Å². The lowest BCUT2D eigenvalue weighted by Crippen LogP contribution is -2.22. The second kappa shape index (κ2) is 3.58. The zero-order valence-electron chi connectivity index (χ0n) is 7.49. The topological polar surface area (TPSA) is 85.1 Å². The van der Waals surface area contributed by atoms with Gasteiger partial charge in [0.05, 0.1) is 5.69 Å². The second-order valence-electron chi connectivity index (χ2n) is 3.21. The molecule has 0 aliphatic carbocycles. The van der Waals surface area contributed by atoms with E-state index in [-0.39, 0.29) is 5.75 Å². The molecule has 0 bridgehead atoms. The largest absolute Gasteiger partial charge is 0.311 e. The molecule has 0 aromatic carbocycles. The third kappa shape index (κ3) is 2.30. The summed E-state index contributed by atoms with van der Waals surface area (Å²) in [6.07, 6.45) is 0.871. The van der Waals surface area contributed by atoms with Gasteiger partial charge >= 0.3 is 0 Å². The number of fused-ring (bicyclic) bond motifs is 1. The first-order valence-corrected chi connectivity index (χ1v) is 6.76. The highest BCUT2D eigenvalue weighted by atomic mass is 32.2. The molecule has 0 unspecified atom stereocenters. The third-order valence-electron chi connectivity index (χ3n) is 1.97. The number of nitrogens with zero attached hydrogens (tertiary/aromatic N) is 1. The third-order valence-corrected chi connectivity index (χ3v) is 3.93. The van der Waals surface area contributed by atoms with Crippen molar-refractivity contribution in [1.29, 1.82) is 0 Å². The van der Waals surface area contributed by atoms with Gasteiger partial charge in [0.15, 0.2) is 0 Å². The summed E-state index contributed by atoms with van der Waals surface area (Å²) in [7, 11) is -3.45. The summed E-state index contributed by atoms with van der Waals surface area (Å²) in [4.78, 5) is 5.39. The number of nitrogens with two attached hydrogens (primary N) is 1. The fraction of sp³-hybridized carbons (Fsp3) is 0.571. The van der Waals surface area contributed by atoms with Crippen LogP contribution in [0.5, 0.6) is 0 Å². The zero-order valence-corrected chi connectivity index (χ0v) is 9.12. The highest BCUT2D eigenvalue weighted by Gasteiger charge is 2.16. The maximum atomic E-state index is 10.8. The number of aromatic nitrogens is 1. The number of rotatable bonds is 2. The number of sulfonamides is 1. The molecule has 1 aromatic rings. The van der Waals surface area contributed by atoms with Crippen molar-refractivity contribution >= 4 is 21.4 Å². The van der Waals surface area contributed by atoms with Gasteiger partial charge in [0.25, 0.3) is 0 Å². The van der Waals surface area contributed by atoms with Crippen LogP contribution in [0.3, 0.4) is 0 Å². The van der Waals surface area contributed by atoms with Gasteiger partial charge in [-0.15, -0.1) is 11.3 Å². The highest BCUT2D eigenvalue weighted by molar-refractivity contribution is 7.88. The molecule has 0 saturated carbocycles. The number of nitrogens with one attached hydrogen (secondary N) is 1. The lowest BCUT2D eigenvalue weighted by Gasteiger charge is -2.09. The van der Waals surface area contributed by atoms with Crippen LogP contribution < -0.4 is 10.5 Å². The summed E-state index contributed by atoms with van der Waals surface area (Å²) in [5.74, 6) is -0.148. The van der Waals surface area contributed by atoms with Gasteiger partial charge in [-0.3, -0.25) is 0 Å². The molecule has 2 rings (SSSR count). The Bertz CT molecular complexity index is 414. The normalized spacial score (nSPS) is 16.6. The summed E-state index contributed by atoms with van der Waals surface area (Å²) < 4.78 is 21.7. The van der Waals surface area contributed by atoms with Gasteiger partial charge in [-0.05, 0) is 0 Å². The summed E-state index contributed by atoms with van der Waals surface area (Å²) >= 11 is 1.43. The summed E-state index contributed by atoms with van der Waals surface area (Å²) in [6.45, 7) is 1.70. The molecule has 0 atom stereocenters. The van der Waals surface area contributed by atoms with Crippen molar-refractivity contribution in [2.75, 3.05) is 6.54 Å². The van der Waals surface area contributed by atoms with Crippen LogP contribution in [0.25, 0.3) is 0 Å². The van der Waals surface area contributed by atoms with Crippen LogP contribution >= 0.6 is 11.3 Å². The smallest absolute Gasteiger partial charge is 0.215 e. The first kappa shape index (κ1) is 10.0. The van der Waals surface area contributed by atoms with Gasteiger partial charge in [0.1, 0.15) is 10.8 Å². The van der Waals surface area contributed by atoms with E-state index in [2.05, 4.69) is 10.3 Å². The molecule has 78 valence electrons. The van der Waals surface area contributed by atoms with Crippen LogP contribution in [-0.2, 0) is 28.7 Å². The van der Waals surface area contributed by atoms with E-state index < -0.39 is 10.0 Å². The van der Waals surface area contributed by atoms with Crippen molar-refractivity contribution < 1.29 is 8.42 Å². The Morgan fingerprint density at radius 3 is 3.00 bits per heavy atom. The fourth-order valence-corrected chi connectivity index (χ4v) is 3.43. The van der Waals surface area contributed by atoms with Gasteiger partial charge < -0.3 is 5.32 Å². The molecule has 1 aliphatic heterocycles. The lowest BCUT2D eigenvalue weighted by molar-refractivity contribution is 0.596. The molecule has 2 heterocycles. The van der Waals surface area contributed by atoms with E-state index >= 15 is 0 Å². The molecule has 0 saturated heterocycles. The van der Waals surface area contributed by atoms with Crippen LogP contribution in [0.15, 0.2) is 0 Å². The van der Waals surface area contributed by atoms with Gasteiger partial charge in [-0.25, -0.2) is 18.5 Å². The van der Waals surface area contributed by atoms with Gasteiger partial charge in [0, 0.05) is 24.4 Å². The summed E-state index contributed by atoms with van der Waals surface area (Å²) in [5, 5.41) is 8.75. The van der Waals surface area contributed by atoms with Crippen molar-refractivity contribution in [2.24, 2.45) is 5.14 Å². The Morgan fingerprint density at radius 1 is 1.57 bits per heavy atom. The number of hydrogen-bond acceptors (Lipinski definition) is 5. The molecule has 14 heavy (non-hydrogen) atoms. The standard InChI is InChI=1S/C7H11N3O2S2/c8-14(11,12)4-7-10-5-1-2-9-3-6(5)13-7/h9H,1-4H2,(H2,8,11,12). The van der Waals surface area contributed by atoms with E-state index in [0.29, 0.717) is 5.01 Å². The molecular weight excluding hydrogens is 222 g/mol. The minimum Gasteiger partial charge on any atom is -0.311 e. The molecule has 0 spiro atoms. The number of thiazole rings is 1. The molecule has 1 aliphatic rings. The minimum absolute atomic E-state index is 0.148. The Kier molecular flexibility index (Phi) is 2.56. The van der Waals surface area contributed by atoms with Crippen LogP contribution in [-0.4, -0.2) is 19.9 Å². The Labute approximate surface area is 86.4 Å². The van der Waals surface area contributed by atoms with E-state index in [0.717, 1.165) is 30.1 Å². The second-order valence-corrected chi connectivity index (χ2v) is 5.99. The van der Waals surface area contributed by atoms with Crippen LogP contribution in [0.4, 0.5) is 0 Å². The predicted octanol–water partition coefficient (Wildman–Crippen LogP) is -0.423. The lowest BCUT2D eigenvalue weighted by atomic mass is 10.2. The summed E-state index contributed by atoms with van der Waals surface area (Å²) in [5.41, 5.74) is 1.02. The molecule has 0 fully saturated rings. The van der Waals surface area contributed by atoms with Crippen LogP contribution in [0.2, 0.25) is 0 Å². The van der Waals surface area contributed by atoms with Crippen molar-refractivity contribution in [2.45, 2.75) is 18.7 Å². The SMILES string of the molecule is NS(=O)(=O)Cc1nc2c(s1)CNCC2. The Balaban J connectivity index is 2.24. The number of hydrogen-bond donors (Lipinski definition) is 2. The van der Waals surface area contributed by atoms with Crippen LogP contribution in [0.1, 0.15) is 15.6 Å². The average Bonchev–Trinajstić information content (AvgIpc) is 2.42. The van der Waals surface area contributed by atoms with Crippen LogP contribution in [0, 0.1) is 0 Å². The molecular formula is C7H11N3O2S2. The Hall–Kier alpha value is -0.500. The molecule has 7 heteroatoms. The maximum absolute atomic E-state index is 10.8. The molecule has 3 N–H and O–H groups in total. The van der Waals surface area contributed by atoms with Gasteiger partial charge in [-0.2, -0.15) is 0 Å². The maximum Gasteiger partial charge on any atom is 0.215 e. The molecule has 1 aromatic heterocycles. The van der Waals surface area contributed by atoms with Crippen molar-refractivity contribution in [3.8, 4) is 0 Å². The van der Waals surface area contributed by atoms with E-state index in [4.69, 9.17) is 5.14 Å². The Morgan fingerprint density at radius 2 is 2.36 bits per heavy atom. The van der Waals surface area contributed by atoms with E-state index in [1.54, 1.807) is 0 Å². The first-order valence-electron chi connectivity index (χ1n) is 4.23.